The van der Waals surface area contributed by atoms with Crippen molar-refractivity contribution in [3.63, 3.8) is 0 Å². The average molecular weight is 303 g/mol. The van der Waals surface area contributed by atoms with Gasteiger partial charge in [0.05, 0.1) is 13.5 Å². The lowest BCUT2D eigenvalue weighted by molar-refractivity contribution is -0.140. The van der Waals surface area contributed by atoms with Gasteiger partial charge in [-0.1, -0.05) is 30.3 Å². The molecule has 0 spiro atoms. The zero-order valence-electron chi connectivity index (χ0n) is 11.9. The first-order valence-corrected chi connectivity index (χ1v) is 7.85. The van der Waals surface area contributed by atoms with Gasteiger partial charge in [0.25, 0.3) is 0 Å². The summed E-state index contributed by atoms with van der Waals surface area (Å²) in [6.07, 6.45) is 0.381. The monoisotopic (exact) mass is 303 g/mol. The van der Waals surface area contributed by atoms with Gasteiger partial charge in [0, 0.05) is 17.7 Å². The molecule has 0 amide bonds. The number of esters is 1. The summed E-state index contributed by atoms with van der Waals surface area (Å²) in [5, 5.41) is 9.30. The van der Waals surface area contributed by atoms with Crippen LogP contribution in [-0.4, -0.2) is 23.9 Å². The van der Waals surface area contributed by atoms with E-state index in [1.807, 2.05) is 42.5 Å². The molecule has 0 fully saturated rings. The van der Waals surface area contributed by atoms with Crippen LogP contribution in [0.3, 0.4) is 0 Å². The van der Waals surface area contributed by atoms with E-state index in [1.165, 1.54) is 7.11 Å². The van der Waals surface area contributed by atoms with Crippen LogP contribution in [0.1, 0.15) is 17.9 Å². The van der Waals surface area contributed by atoms with Gasteiger partial charge in [-0.05, 0) is 29.8 Å². The van der Waals surface area contributed by atoms with Crippen molar-refractivity contribution in [3.05, 3.63) is 60.2 Å². The smallest absolute Gasteiger partial charge is 0.306 e. The van der Waals surface area contributed by atoms with E-state index in [4.69, 9.17) is 4.74 Å². The lowest BCUT2D eigenvalue weighted by Crippen LogP contribution is -2.13. The van der Waals surface area contributed by atoms with Gasteiger partial charge in [0.1, 0.15) is 11.5 Å². The number of phenols is 1. The van der Waals surface area contributed by atoms with Crippen molar-refractivity contribution >= 4 is 17.7 Å². The third kappa shape index (κ3) is 4.83. The van der Waals surface area contributed by atoms with Crippen molar-refractivity contribution in [2.75, 3.05) is 12.9 Å². The van der Waals surface area contributed by atoms with Crippen LogP contribution in [0.15, 0.2) is 59.5 Å². The standard InChI is InChI=1S/C17H18O3S/c1-20-17(19)11-14(13-5-3-2-4-6-13)12-21-16-9-7-15(18)8-10-16/h2-10,14,18H,11-12H2,1H3/p+1. The van der Waals surface area contributed by atoms with Crippen LogP contribution in [-0.2, 0) is 21.3 Å². The molecule has 0 aliphatic heterocycles. The number of hydrogen-bond acceptors (Lipinski definition) is 3. The highest BCUT2D eigenvalue weighted by Gasteiger charge is 2.20. The summed E-state index contributed by atoms with van der Waals surface area (Å²) in [6.45, 7) is 0. The minimum atomic E-state index is -0.190. The average Bonchev–Trinajstić information content (AvgIpc) is 2.53. The van der Waals surface area contributed by atoms with Crippen molar-refractivity contribution in [1.82, 2.24) is 0 Å². The normalized spacial score (nSPS) is 11.9. The third-order valence-corrected chi connectivity index (χ3v) is 4.54. The molecule has 0 saturated carbocycles. The summed E-state index contributed by atoms with van der Waals surface area (Å²) in [7, 11) is 1.42. The summed E-state index contributed by atoms with van der Waals surface area (Å²) in [6, 6.07) is 17.2. The molecule has 3 nitrogen and oxygen atoms in total. The van der Waals surface area contributed by atoms with Crippen LogP contribution in [0.5, 0.6) is 5.75 Å². The fourth-order valence-corrected chi connectivity index (χ4v) is 3.20. The van der Waals surface area contributed by atoms with Gasteiger partial charge < -0.3 is 9.84 Å². The molecule has 0 heterocycles. The Bertz CT molecular complexity index is 566. The van der Waals surface area contributed by atoms with Crippen LogP contribution in [0, 0.1) is 0 Å². The number of aromatic hydroxyl groups is 1. The topological polar surface area (TPSA) is 46.5 Å². The number of carbonyl (C=O) groups excluding carboxylic acids is 1. The molecule has 110 valence electrons. The molecule has 1 N–H and O–H groups in total. The SMILES string of the molecule is COC(=O)CC(C[SH+]c1ccc(O)cc1)c1ccccc1. The zero-order chi connectivity index (χ0) is 15.1. The van der Waals surface area contributed by atoms with Gasteiger partial charge in [0.15, 0.2) is 4.90 Å². The minimum absolute atomic E-state index is 0.133. The summed E-state index contributed by atoms with van der Waals surface area (Å²) in [5.41, 5.74) is 1.15. The first kappa shape index (κ1) is 15.4. The maximum absolute atomic E-state index is 11.6. The number of phenolic OH excluding ortho intramolecular Hbond substituents is 1. The van der Waals surface area contributed by atoms with Gasteiger partial charge in [-0.15, -0.1) is 0 Å². The second-order valence-electron chi connectivity index (χ2n) is 4.74. The Kier molecular flexibility index (Phi) is 5.69. The van der Waals surface area contributed by atoms with Crippen molar-refractivity contribution in [1.29, 1.82) is 0 Å². The molecular formula is C17H19O3S+. The lowest BCUT2D eigenvalue weighted by atomic mass is 9.98. The molecule has 1 unspecified atom stereocenters. The molecular weight excluding hydrogens is 284 g/mol. The number of benzene rings is 2. The molecule has 0 bridgehead atoms. The molecule has 21 heavy (non-hydrogen) atoms. The Balaban J connectivity index is 2.05. The summed E-state index contributed by atoms with van der Waals surface area (Å²) in [5.74, 6) is 1.05. The summed E-state index contributed by atoms with van der Waals surface area (Å²) < 4.78 is 4.79. The van der Waals surface area contributed by atoms with E-state index in [0.29, 0.717) is 6.42 Å². The molecule has 0 aliphatic rings. The molecule has 0 saturated heterocycles. The zero-order valence-corrected chi connectivity index (χ0v) is 12.8. The van der Waals surface area contributed by atoms with Crippen LogP contribution >= 0.6 is 0 Å². The van der Waals surface area contributed by atoms with Gasteiger partial charge in [0.2, 0.25) is 0 Å². The number of rotatable bonds is 6. The number of methoxy groups -OCH3 is 1. The lowest BCUT2D eigenvalue weighted by Gasteiger charge is -2.12. The highest BCUT2D eigenvalue weighted by Crippen LogP contribution is 2.22. The number of thiol groups is 1. The van der Waals surface area contributed by atoms with Gasteiger partial charge in [-0.3, -0.25) is 4.79 Å². The predicted octanol–water partition coefficient (Wildman–Crippen LogP) is 2.91. The van der Waals surface area contributed by atoms with Gasteiger partial charge in [-0.2, -0.15) is 0 Å². The van der Waals surface area contributed by atoms with E-state index >= 15 is 0 Å². The van der Waals surface area contributed by atoms with Crippen molar-refractivity contribution in [2.45, 2.75) is 17.2 Å². The quantitative estimate of drug-likeness (QED) is 0.507. The number of hydrogen-bond donors (Lipinski definition) is 1. The molecule has 2 aromatic rings. The molecule has 2 rings (SSSR count). The number of ether oxygens (including phenoxy) is 1. The highest BCUT2D eigenvalue weighted by atomic mass is 32.2. The predicted molar refractivity (Wildman–Crippen MR) is 85.8 cm³/mol. The van der Waals surface area contributed by atoms with Crippen LogP contribution < -0.4 is 0 Å². The van der Waals surface area contributed by atoms with E-state index in [0.717, 1.165) is 28.0 Å². The highest BCUT2D eigenvalue weighted by molar-refractivity contribution is 7.78. The molecule has 0 aromatic heterocycles. The van der Waals surface area contributed by atoms with Crippen LogP contribution in [0.25, 0.3) is 0 Å². The number of carbonyl (C=O) groups is 1. The maximum Gasteiger partial charge on any atom is 0.306 e. The molecule has 2 aromatic carbocycles. The third-order valence-electron chi connectivity index (χ3n) is 3.26. The van der Waals surface area contributed by atoms with Crippen molar-refractivity contribution in [2.24, 2.45) is 0 Å². The molecule has 0 radical (unpaired) electrons. The van der Waals surface area contributed by atoms with E-state index in [1.54, 1.807) is 12.1 Å². The fourth-order valence-electron chi connectivity index (χ4n) is 2.07. The van der Waals surface area contributed by atoms with E-state index in [9.17, 15) is 9.90 Å². The Hall–Kier alpha value is -1.94. The largest absolute Gasteiger partial charge is 0.508 e. The summed E-state index contributed by atoms with van der Waals surface area (Å²) >= 11 is 1.13. The Morgan fingerprint density at radius 2 is 1.81 bits per heavy atom. The Labute approximate surface area is 129 Å². The van der Waals surface area contributed by atoms with Crippen molar-refractivity contribution in [3.8, 4) is 5.75 Å². The van der Waals surface area contributed by atoms with E-state index < -0.39 is 0 Å². The van der Waals surface area contributed by atoms with Crippen LogP contribution in [0.2, 0.25) is 0 Å². The van der Waals surface area contributed by atoms with Crippen molar-refractivity contribution < 1.29 is 14.6 Å². The maximum atomic E-state index is 11.6. The van der Waals surface area contributed by atoms with E-state index in [2.05, 4.69) is 0 Å². The summed E-state index contributed by atoms with van der Waals surface area (Å²) in [4.78, 5) is 12.7. The molecule has 1 atom stereocenters. The second-order valence-corrected chi connectivity index (χ2v) is 5.94. The van der Waals surface area contributed by atoms with Gasteiger partial charge >= 0.3 is 5.97 Å². The van der Waals surface area contributed by atoms with Crippen LogP contribution in [0.4, 0.5) is 0 Å². The second kappa shape index (κ2) is 7.74. The van der Waals surface area contributed by atoms with Gasteiger partial charge in [-0.25, -0.2) is 0 Å². The van der Waals surface area contributed by atoms with E-state index in [-0.39, 0.29) is 17.6 Å². The first-order chi connectivity index (χ1) is 10.2. The Morgan fingerprint density at radius 1 is 1.14 bits per heavy atom. The minimum Gasteiger partial charge on any atom is -0.508 e. The molecule has 0 aliphatic carbocycles. The fraction of sp³-hybridized carbons (Fsp3) is 0.235. The molecule has 4 heteroatoms. The Morgan fingerprint density at radius 3 is 2.43 bits per heavy atom. The first-order valence-electron chi connectivity index (χ1n) is 6.77.